The maximum Gasteiger partial charge on any atom is 0.303 e. The van der Waals surface area contributed by atoms with Gasteiger partial charge in [0, 0.05) is 24.9 Å². The number of rotatable bonds is 5. The fraction of sp³-hybridized carbons (Fsp3) is 0.643. The van der Waals surface area contributed by atoms with Gasteiger partial charge in [0.2, 0.25) is 5.91 Å². The van der Waals surface area contributed by atoms with Crippen LogP contribution in [0.3, 0.4) is 0 Å². The van der Waals surface area contributed by atoms with Gasteiger partial charge in [0.05, 0.1) is 17.1 Å². The molecule has 1 aliphatic rings. The Labute approximate surface area is 122 Å². The minimum Gasteiger partial charge on any atom is -0.481 e. The third kappa shape index (κ3) is 4.03. The first-order valence-electron chi connectivity index (χ1n) is 7.01. The predicted octanol–water partition coefficient (Wildman–Crippen LogP) is 1.96. The average Bonchev–Trinajstić information content (AvgIpc) is 2.86. The minimum atomic E-state index is -0.746. The Hall–Kier alpha value is -1.43. The number of carboxylic acid groups (broad SMARTS) is 1. The van der Waals surface area contributed by atoms with Crippen LogP contribution in [0.4, 0.5) is 0 Å². The number of carboxylic acids is 1. The molecule has 2 heterocycles. The zero-order chi connectivity index (χ0) is 14.5. The fourth-order valence-electron chi connectivity index (χ4n) is 2.49. The highest BCUT2D eigenvalue weighted by atomic mass is 32.1. The highest BCUT2D eigenvalue weighted by Crippen LogP contribution is 2.21. The SMILES string of the molecule is CCc1nc(CC(=O)N2CCC(CC(=O)O)CC2)cs1. The second-order valence-electron chi connectivity index (χ2n) is 5.18. The lowest BCUT2D eigenvalue weighted by molar-refractivity contribution is -0.138. The normalized spacial score (nSPS) is 16.4. The van der Waals surface area contributed by atoms with Crippen LogP contribution in [0.15, 0.2) is 5.38 Å². The van der Waals surface area contributed by atoms with Gasteiger partial charge in [0.1, 0.15) is 0 Å². The number of piperidine rings is 1. The summed E-state index contributed by atoms with van der Waals surface area (Å²) < 4.78 is 0. The van der Waals surface area contributed by atoms with Crippen LogP contribution in [0.5, 0.6) is 0 Å². The van der Waals surface area contributed by atoms with Crippen molar-refractivity contribution in [3.05, 3.63) is 16.1 Å². The van der Waals surface area contributed by atoms with Crippen LogP contribution in [0, 0.1) is 5.92 Å². The Morgan fingerprint density at radius 3 is 2.70 bits per heavy atom. The van der Waals surface area contributed by atoms with Gasteiger partial charge in [-0.1, -0.05) is 6.92 Å². The smallest absolute Gasteiger partial charge is 0.303 e. The zero-order valence-corrected chi connectivity index (χ0v) is 12.5. The Balaban J connectivity index is 1.81. The number of aryl methyl sites for hydroxylation is 1. The summed E-state index contributed by atoms with van der Waals surface area (Å²) in [5.74, 6) is -0.432. The number of thiazole rings is 1. The minimum absolute atomic E-state index is 0.103. The van der Waals surface area contributed by atoms with Gasteiger partial charge in [-0.25, -0.2) is 4.98 Å². The molecule has 20 heavy (non-hydrogen) atoms. The first-order chi connectivity index (χ1) is 9.58. The van der Waals surface area contributed by atoms with E-state index in [-0.39, 0.29) is 18.2 Å². The second kappa shape index (κ2) is 6.83. The topological polar surface area (TPSA) is 70.5 Å². The van der Waals surface area contributed by atoms with E-state index in [9.17, 15) is 9.59 Å². The van der Waals surface area contributed by atoms with Crippen molar-refractivity contribution < 1.29 is 14.7 Å². The second-order valence-corrected chi connectivity index (χ2v) is 6.13. The number of amides is 1. The summed E-state index contributed by atoms with van der Waals surface area (Å²) in [5, 5.41) is 11.8. The number of aliphatic carboxylic acids is 1. The zero-order valence-electron chi connectivity index (χ0n) is 11.7. The Kier molecular flexibility index (Phi) is 5.11. The summed E-state index contributed by atoms with van der Waals surface area (Å²) >= 11 is 1.60. The summed E-state index contributed by atoms with van der Waals surface area (Å²) in [4.78, 5) is 29.1. The van der Waals surface area contributed by atoms with E-state index in [4.69, 9.17) is 5.11 Å². The molecular weight excluding hydrogens is 276 g/mol. The molecule has 110 valence electrons. The molecule has 0 unspecified atom stereocenters. The highest BCUT2D eigenvalue weighted by molar-refractivity contribution is 7.09. The summed E-state index contributed by atoms with van der Waals surface area (Å²) in [5.41, 5.74) is 0.851. The number of nitrogens with zero attached hydrogens (tertiary/aromatic N) is 2. The van der Waals surface area contributed by atoms with E-state index in [1.165, 1.54) is 0 Å². The van der Waals surface area contributed by atoms with Crippen LogP contribution >= 0.6 is 11.3 Å². The molecule has 1 aromatic rings. The molecule has 0 aliphatic carbocycles. The maximum absolute atomic E-state index is 12.2. The van der Waals surface area contributed by atoms with Crippen molar-refractivity contribution in [2.75, 3.05) is 13.1 Å². The third-order valence-electron chi connectivity index (χ3n) is 3.66. The van der Waals surface area contributed by atoms with E-state index in [0.29, 0.717) is 19.5 Å². The van der Waals surface area contributed by atoms with E-state index in [0.717, 1.165) is 30.0 Å². The van der Waals surface area contributed by atoms with Gasteiger partial charge in [0.25, 0.3) is 0 Å². The van der Waals surface area contributed by atoms with Gasteiger partial charge in [-0.3, -0.25) is 9.59 Å². The molecule has 1 N–H and O–H groups in total. The molecule has 0 aromatic carbocycles. The van der Waals surface area contributed by atoms with Gasteiger partial charge in [-0.05, 0) is 25.2 Å². The van der Waals surface area contributed by atoms with Crippen LogP contribution in [-0.2, 0) is 22.4 Å². The molecule has 1 aromatic heterocycles. The summed E-state index contributed by atoms with van der Waals surface area (Å²) in [7, 11) is 0. The average molecular weight is 296 g/mol. The monoisotopic (exact) mass is 296 g/mol. The van der Waals surface area contributed by atoms with Crippen LogP contribution in [0.25, 0.3) is 0 Å². The predicted molar refractivity (Wildman–Crippen MR) is 76.8 cm³/mol. The third-order valence-corrected chi connectivity index (χ3v) is 4.71. The summed E-state index contributed by atoms with van der Waals surface area (Å²) in [6.45, 7) is 3.39. The lowest BCUT2D eigenvalue weighted by Crippen LogP contribution is -2.39. The number of aromatic nitrogens is 1. The van der Waals surface area contributed by atoms with Crippen LogP contribution in [0.2, 0.25) is 0 Å². The van der Waals surface area contributed by atoms with Crippen molar-refractivity contribution in [1.82, 2.24) is 9.88 Å². The van der Waals surface area contributed by atoms with Crippen molar-refractivity contribution in [3.63, 3.8) is 0 Å². The molecule has 1 aliphatic heterocycles. The van der Waals surface area contributed by atoms with Crippen molar-refractivity contribution in [2.45, 2.75) is 39.0 Å². The fourth-order valence-corrected chi connectivity index (χ4v) is 3.24. The summed E-state index contributed by atoms with van der Waals surface area (Å²) in [6.07, 6.45) is 3.05. The van der Waals surface area contributed by atoms with E-state index >= 15 is 0 Å². The number of hydrogen-bond acceptors (Lipinski definition) is 4. The lowest BCUT2D eigenvalue weighted by Gasteiger charge is -2.31. The van der Waals surface area contributed by atoms with Gasteiger partial charge < -0.3 is 10.0 Å². The van der Waals surface area contributed by atoms with E-state index in [2.05, 4.69) is 11.9 Å². The van der Waals surface area contributed by atoms with Crippen LogP contribution in [-0.4, -0.2) is 40.0 Å². The largest absolute Gasteiger partial charge is 0.481 e. The van der Waals surface area contributed by atoms with Crippen molar-refractivity contribution in [1.29, 1.82) is 0 Å². The molecule has 1 saturated heterocycles. The number of carbonyl (C=O) groups is 2. The first-order valence-corrected chi connectivity index (χ1v) is 7.89. The standard InChI is InChI=1S/C14H20N2O3S/c1-2-12-15-11(9-20-12)8-13(17)16-5-3-10(4-6-16)7-14(18)19/h9-10H,2-8H2,1H3,(H,18,19). The lowest BCUT2D eigenvalue weighted by atomic mass is 9.93. The Bertz CT molecular complexity index is 479. The Morgan fingerprint density at radius 2 is 2.15 bits per heavy atom. The van der Waals surface area contributed by atoms with Crippen molar-refractivity contribution >= 4 is 23.2 Å². The van der Waals surface area contributed by atoms with E-state index in [1.54, 1.807) is 11.3 Å². The molecule has 0 bridgehead atoms. The molecule has 0 radical (unpaired) electrons. The maximum atomic E-state index is 12.2. The highest BCUT2D eigenvalue weighted by Gasteiger charge is 2.24. The van der Waals surface area contributed by atoms with Crippen molar-refractivity contribution in [2.24, 2.45) is 5.92 Å². The number of carbonyl (C=O) groups excluding carboxylic acids is 1. The van der Waals surface area contributed by atoms with E-state index < -0.39 is 5.97 Å². The van der Waals surface area contributed by atoms with Gasteiger partial charge in [0.15, 0.2) is 0 Å². The van der Waals surface area contributed by atoms with Crippen LogP contribution in [0.1, 0.15) is 36.9 Å². The molecule has 5 nitrogen and oxygen atoms in total. The molecular formula is C14H20N2O3S. The number of hydrogen-bond donors (Lipinski definition) is 1. The molecule has 6 heteroatoms. The van der Waals surface area contributed by atoms with Gasteiger partial charge >= 0.3 is 5.97 Å². The molecule has 0 spiro atoms. The molecule has 1 fully saturated rings. The quantitative estimate of drug-likeness (QED) is 0.901. The molecule has 0 saturated carbocycles. The van der Waals surface area contributed by atoms with Gasteiger partial charge in [-0.2, -0.15) is 0 Å². The van der Waals surface area contributed by atoms with E-state index in [1.807, 2.05) is 10.3 Å². The molecule has 1 amide bonds. The summed E-state index contributed by atoms with van der Waals surface area (Å²) in [6, 6.07) is 0. The van der Waals surface area contributed by atoms with Crippen molar-refractivity contribution in [3.8, 4) is 0 Å². The molecule has 2 rings (SSSR count). The van der Waals surface area contributed by atoms with Crippen LogP contribution < -0.4 is 0 Å². The Morgan fingerprint density at radius 1 is 1.45 bits per heavy atom. The van der Waals surface area contributed by atoms with Gasteiger partial charge in [-0.15, -0.1) is 11.3 Å². The first kappa shape index (κ1) is 15.0. The molecule has 0 atom stereocenters. The number of likely N-dealkylation sites (tertiary alicyclic amines) is 1.